The molecule has 0 unspecified atom stereocenters. The highest BCUT2D eigenvalue weighted by Gasteiger charge is 2.26. The number of carboxylic acids is 1. The van der Waals surface area contributed by atoms with Crippen molar-refractivity contribution in [3.63, 3.8) is 0 Å². The van der Waals surface area contributed by atoms with Gasteiger partial charge in [-0.1, -0.05) is 13.0 Å². The van der Waals surface area contributed by atoms with Crippen molar-refractivity contribution in [3.05, 3.63) is 52.5 Å². The lowest BCUT2D eigenvalue weighted by molar-refractivity contribution is -0.136. The summed E-state index contributed by atoms with van der Waals surface area (Å²) < 4.78 is 11.2. The number of aliphatic carboxylic acids is 1. The van der Waals surface area contributed by atoms with Gasteiger partial charge in [0.05, 0.1) is 12.0 Å². The second-order valence-corrected chi connectivity index (χ2v) is 4.94. The Balaban J connectivity index is 2.05. The van der Waals surface area contributed by atoms with Crippen molar-refractivity contribution in [2.75, 3.05) is 0 Å². The van der Waals surface area contributed by atoms with Gasteiger partial charge in [0, 0.05) is 12.0 Å². The highest BCUT2D eigenvalue weighted by molar-refractivity contribution is 6.10. The summed E-state index contributed by atoms with van der Waals surface area (Å²) in [4.78, 5) is 23.4. The molecule has 0 radical (unpaired) electrons. The molecule has 0 aliphatic carbocycles. The molecule has 0 spiro atoms. The predicted molar refractivity (Wildman–Crippen MR) is 73.6 cm³/mol. The third-order valence-electron chi connectivity index (χ3n) is 3.44. The Bertz CT molecular complexity index is 726. The Morgan fingerprint density at radius 1 is 1.33 bits per heavy atom. The van der Waals surface area contributed by atoms with Crippen molar-refractivity contribution in [2.24, 2.45) is 0 Å². The van der Waals surface area contributed by atoms with Crippen LogP contribution in [0.15, 0.2) is 28.7 Å². The zero-order valence-corrected chi connectivity index (χ0v) is 11.5. The number of carbonyl (C=O) groups excluding carboxylic acids is 1. The van der Waals surface area contributed by atoms with Crippen molar-refractivity contribution < 1.29 is 23.8 Å². The molecule has 2 heterocycles. The van der Waals surface area contributed by atoms with Gasteiger partial charge >= 0.3 is 5.97 Å². The summed E-state index contributed by atoms with van der Waals surface area (Å²) in [5.41, 5.74) is 1.64. The number of hydrogen-bond donors (Lipinski definition) is 1. The van der Waals surface area contributed by atoms with Gasteiger partial charge in [0.1, 0.15) is 18.1 Å². The molecule has 5 heteroatoms. The van der Waals surface area contributed by atoms with E-state index in [0.717, 1.165) is 11.3 Å². The molecule has 0 amide bonds. The lowest BCUT2D eigenvalue weighted by Crippen LogP contribution is -2.04. The van der Waals surface area contributed by atoms with Crippen molar-refractivity contribution in [3.8, 4) is 5.75 Å². The van der Waals surface area contributed by atoms with Crippen LogP contribution in [0.5, 0.6) is 5.75 Å². The van der Waals surface area contributed by atoms with Crippen LogP contribution in [0.25, 0.3) is 0 Å². The fraction of sp³-hybridized carbons (Fsp3) is 0.250. The van der Waals surface area contributed by atoms with Crippen molar-refractivity contribution in [1.82, 2.24) is 0 Å². The van der Waals surface area contributed by atoms with Gasteiger partial charge in [0.2, 0.25) is 5.78 Å². The smallest absolute Gasteiger partial charge is 0.307 e. The molecule has 3 rings (SSSR count). The molecule has 1 aliphatic heterocycles. The number of benzene rings is 1. The first-order valence-electron chi connectivity index (χ1n) is 6.72. The third kappa shape index (κ3) is 2.42. The maximum atomic E-state index is 12.6. The highest BCUT2D eigenvalue weighted by atomic mass is 16.5. The molecule has 1 aliphatic rings. The first-order chi connectivity index (χ1) is 10.1. The second kappa shape index (κ2) is 5.09. The molecule has 0 bridgehead atoms. The van der Waals surface area contributed by atoms with Crippen molar-refractivity contribution in [1.29, 1.82) is 0 Å². The number of fused-ring (bicyclic) bond motifs is 2. The van der Waals surface area contributed by atoms with E-state index in [1.807, 2.05) is 13.0 Å². The van der Waals surface area contributed by atoms with Crippen LogP contribution in [-0.2, 0) is 24.2 Å². The summed E-state index contributed by atoms with van der Waals surface area (Å²) in [5.74, 6) is 0.284. The van der Waals surface area contributed by atoms with Gasteiger partial charge < -0.3 is 14.3 Å². The second-order valence-electron chi connectivity index (χ2n) is 4.94. The van der Waals surface area contributed by atoms with Gasteiger partial charge in [-0.3, -0.25) is 9.59 Å². The number of furan rings is 1. The quantitative estimate of drug-likeness (QED) is 0.938. The van der Waals surface area contributed by atoms with Crippen LogP contribution in [0.4, 0.5) is 0 Å². The van der Waals surface area contributed by atoms with E-state index in [1.54, 1.807) is 18.2 Å². The van der Waals surface area contributed by atoms with Crippen LogP contribution in [0.3, 0.4) is 0 Å². The summed E-state index contributed by atoms with van der Waals surface area (Å²) in [6, 6.07) is 6.69. The first-order valence-corrected chi connectivity index (χ1v) is 6.72. The van der Waals surface area contributed by atoms with Crippen LogP contribution in [0, 0.1) is 0 Å². The third-order valence-corrected chi connectivity index (χ3v) is 3.44. The molecule has 0 fully saturated rings. The molecular weight excluding hydrogens is 272 g/mol. The zero-order valence-electron chi connectivity index (χ0n) is 11.5. The van der Waals surface area contributed by atoms with Gasteiger partial charge in [0.15, 0.2) is 5.76 Å². The summed E-state index contributed by atoms with van der Waals surface area (Å²) in [6.07, 6.45) is 0.567. The average Bonchev–Trinajstić information content (AvgIpc) is 2.83. The van der Waals surface area contributed by atoms with Crippen LogP contribution < -0.4 is 4.74 Å². The number of ketones is 1. The number of aryl methyl sites for hydroxylation is 1. The molecular formula is C16H14O5. The Labute approximate surface area is 121 Å². The summed E-state index contributed by atoms with van der Waals surface area (Å²) in [6.45, 7) is 2.22. The molecule has 1 aromatic heterocycles. The predicted octanol–water partition coefficient (Wildman–Crippen LogP) is 2.59. The van der Waals surface area contributed by atoms with E-state index in [9.17, 15) is 9.59 Å². The average molecular weight is 286 g/mol. The van der Waals surface area contributed by atoms with E-state index in [4.69, 9.17) is 14.3 Å². The summed E-state index contributed by atoms with van der Waals surface area (Å²) in [7, 11) is 0. The fourth-order valence-corrected chi connectivity index (χ4v) is 2.40. The summed E-state index contributed by atoms with van der Waals surface area (Å²) >= 11 is 0. The highest BCUT2D eigenvalue weighted by Crippen LogP contribution is 2.31. The largest absolute Gasteiger partial charge is 0.488 e. The maximum absolute atomic E-state index is 12.6. The number of carboxylic acid groups (broad SMARTS) is 1. The standard InChI is InChI=1S/C16H14O5/c1-2-11-7-10-8-20-13-4-3-9(6-14(17)18)5-12(13)15(19)16(10)21-11/h3-5,7H,2,6,8H2,1H3,(H,17,18). The molecule has 0 saturated carbocycles. The van der Waals surface area contributed by atoms with Crippen LogP contribution in [0.2, 0.25) is 0 Å². The Hall–Kier alpha value is -2.56. The molecule has 21 heavy (non-hydrogen) atoms. The Morgan fingerprint density at radius 3 is 2.86 bits per heavy atom. The minimum atomic E-state index is -0.941. The van der Waals surface area contributed by atoms with E-state index in [1.165, 1.54) is 0 Å². The normalized spacial score (nSPS) is 13.1. The molecule has 108 valence electrons. The number of rotatable bonds is 3. The van der Waals surface area contributed by atoms with Gasteiger partial charge in [-0.05, 0) is 23.8 Å². The Kier molecular flexibility index (Phi) is 3.25. The molecule has 5 nitrogen and oxygen atoms in total. The zero-order chi connectivity index (χ0) is 15.0. The van der Waals surface area contributed by atoms with Gasteiger partial charge in [-0.2, -0.15) is 0 Å². The van der Waals surface area contributed by atoms with Crippen LogP contribution >= 0.6 is 0 Å². The molecule has 1 aromatic carbocycles. The molecule has 0 atom stereocenters. The molecule has 0 saturated heterocycles. The number of carbonyl (C=O) groups is 2. The lowest BCUT2D eigenvalue weighted by atomic mass is 10.0. The topological polar surface area (TPSA) is 76.7 Å². The molecule has 2 aromatic rings. The van der Waals surface area contributed by atoms with E-state index in [-0.39, 0.29) is 24.6 Å². The minimum absolute atomic E-state index is 0.133. The SMILES string of the molecule is CCc1cc2c(o1)C(=O)c1cc(CC(=O)O)ccc1OC2. The fourth-order valence-electron chi connectivity index (χ4n) is 2.40. The van der Waals surface area contributed by atoms with Crippen LogP contribution in [0.1, 0.15) is 39.9 Å². The monoisotopic (exact) mass is 286 g/mol. The first kappa shape index (κ1) is 13.4. The van der Waals surface area contributed by atoms with Crippen LogP contribution in [-0.4, -0.2) is 16.9 Å². The maximum Gasteiger partial charge on any atom is 0.307 e. The lowest BCUT2D eigenvalue weighted by Gasteiger charge is -2.07. The number of ether oxygens (including phenoxy) is 1. The van der Waals surface area contributed by atoms with E-state index in [2.05, 4.69) is 0 Å². The van der Waals surface area contributed by atoms with Crippen molar-refractivity contribution >= 4 is 11.8 Å². The number of hydrogen-bond acceptors (Lipinski definition) is 4. The summed E-state index contributed by atoms with van der Waals surface area (Å²) in [5, 5.41) is 8.85. The van der Waals surface area contributed by atoms with E-state index >= 15 is 0 Å². The molecule has 1 N–H and O–H groups in total. The van der Waals surface area contributed by atoms with E-state index < -0.39 is 5.97 Å². The Morgan fingerprint density at radius 2 is 2.14 bits per heavy atom. The minimum Gasteiger partial charge on any atom is -0.488 e. The van der Waals surface area contributed by atoms with Gasteiger partial charge in [-0.25, -0.2) is 0 Å². The van der Waals surface area contributed by atoms with E-state index in [0.29, 0.717) is 23.3 Å². The van der Waals surface area contributed by atoms with Gasteiger partial charge in [0.25, 0.3) is 0 Å². The van der Waals surface area contributed by atoms with Crippen molar-refractivity contribution in [2.45, 2.75) is 26.4 Å². The van der Waals surface area contributed by atoms with Gasteiger partial charge in [-0.15, -0.1) is 0 Å².